The summed E-state index contributed by atoms with van der Waals surface area (Å²) in [5, 5.41) is 10.5. The van der Waals surface area contributed by atoms with Gasteiger partial charge in [-0.3, -0.25) is 14.6 Å². The molecule has 0 spiro atoms. The predicted octanol–water partition coefficient (Wildman–Crippen LogP) is 3.71. The third-order valence-electron chi connectivity index (χ3n) is 6.64. The van der Waals surface area contributed by atoms with Crippen LogP contribution in [0.3, 0.4) is 0 Å². The SMILES string of the molecule is CCCC(=O)N1CCC(COc2cc3c(N)c(C(=O)CC4CC4)cnc3cc2CO)CC1. The molecule has 172 valence electrons. The van der Waals surface area contributed by atoms with Crippen molar-refractivity contribution in [3.05, 3.63) is 29.5 Å². The van der Waals surface area contributed by atoms with E-state index in [9.17, 15) is 14.7 Å². The number of nitrogen functional groups attached to an aromatic ring is 1. The smallest absolute Gasteiger partial charge is 0.222 e. The number of anilines is 1. The molecule has 7 nitrogen and oxygen atoms in total. The number of pyridine rings is 1. The average molecular weight is 440 g/mol. The third kappa shape index (κ3) is 5.04. The molecular weight excluding hydrogens is 406 g/mol. The van der Waals surface area contributed by atoms with E-state index in [4.69, 9.17) is 10.5 Å². The number of carbonyl (C=O) groups is 2. The second-order valence-corrected chi connectivity index (χ2v) is 9.18. The number of aliphatic hydroxyl groups excluding tert-OH is 1. The van der Waals surface area contributed by atoms with E-state index in [0.29, 0.717) is 64.8 Å². The number of nitrogens with two attached hydrogens (primary N) is 1. The van der Waals surface area contributed by atoms with E-state index in [1.165, 1.54) is 0 Å². The van der Waals surface area contributed by atoms with Gasteiger partial charge in [0.25, 0.3) is 0 Å². The summed E-state index contributed by atoms with van der Waals surface area (Å²) < 4.78 is 6.12. The molecule has 0 atom stereocenters. The number of Topliss-reactive ketones (excluding diaryl/α,β-unsaturated/α-hetero) is 1. The molecule has 32 heavy (non-hydrogen) atoms. The molecule has 1 saturated heterocycles. The number of fused-ring (bicyclic) bond motifs is 1. The largest absolute Gasteiger partial charge is 0.493 e. The summed E-state index contributed by atoms with van der Waals surface area (Å²) in [7, 11) is 0. The second-order valence-electron chi connectivity index (χ2n) is 9.18. The lowest BCUT2D eigenvalue weighted by atomic mass is 9.97. The number of nitrogens with zero attached hydrogens (tertiary/aromatic N) is 2. The van der Waals surface area contributed by atoms with Crippen molar-refractivity contribution >= 4 is 28.3 Å². The number of hydrogen-bond donors (Lipinski definition) is 2. The van der Waals surface area contributed by atoms with Crippen molar-refractivity contribution in [1.82, 2.24) is 9.88 Å². The Bertz CT molecular complexity index is 994. The molecule has 1 amide bonds. The molecule has 0 unspecified atom stereocenters. The summed E-state index contributed by atoms with van der Waals surface area (Å²) in [6.07, 6.45) is 7.58. The highest BCUT2D eigenvalue weighted by molar-refractivity contribution is 6.07. The van der Waals surface area contributed by atoms with Crippen molar-refractivity contribution in [2.45, 2.75) is 58.5 Å². The van der Waals surface area contributed by atoms with Gasteiger partial charge < -0.3 is 20.5 Å². The van der Waals surface area contributed by atoms with E-state index in [2.05, 4.69) is 4.98 Å². The van der Waals surface area contributed by atoms with Crippen LogP contribution in [-0.2, 0) is 11.4 Å². The van der Waals surface area contributed by atoms with Crippen LogP contribution in [-0.4, -0.2) is 46.4 Å². The normalized spacial score (nSPS) is 17.0. The van der Waals surface area contributed by atoms with Gasteiger partial charge in [-0.05, 0) is 56.1 Å². The van der Waals surface area contributed by atoms with Crippen molar-refractivity contribution < 1.29 is 19.4 Å². The van der Waals surface area contributed by atoms with Crippen molar-refractivity contribution in [2.75, 3.05) is 25.4 Å². The molecule has 1 saturated carbocycles. The molecule has 1 aromatic heterocycles. The van der Waals surface area contributed by atoms with Crippen LogP contribution in [0.25, 0.3) is 10.9 Å². The van der Waals surface area contributed by atoms with Crippen LogP contribution in [0.15, 0.2) is 18.3 Å². The zero-order valence-electron chi connectivity index (χ0n) is 18.8. The number of aliphatic hydroxyl groups is 1. The summed E-state index contributed by atoms with van der Waals surface area (Å²) in [4.78, 5) is 31.1. The number of hydrogen-bond acceptors (Lipinski definition) is 6. The first kappa shape index (κ1) is 22.5. The number of benzene rings is 1. The van der Waals surface area contributed by atoms with Gasteiger partial charge in [0.05, 0.1) is 30.0 Å². The number of rotatable bonds is 9. The minimum Gasteiger partial charge on any atom is -0.493 e. The first-order chi connectivity index (χ1) is 15.5. The molecule has 2 heterocycles. The highest BCUT2D eigenvalue weighted by Gasteiger charge is 2.27. The third-order valence-corrected chi connectivity index (χ3v) is 6.64. The Morgan fingerprint density at radius 2 is 1.94 bits per heavy atom. The lowest BCUT2D eigenvalue weighted by molar-refractivity contribution is -0.132. The van der Waals surface area contributed by atoms with Gasteiger partial charge in [-0.25, -0.2) is 0 Å². The Morgan fingerprint density at radius 3 is 2.59 bits per heavy atom. The maximum Gasteiger partial charge on any atom is 0.222 e. The molecule has 0 bridgehead atoms. The quantitative estimate of drug-likeness (QED) is 0.577. The zero-order chi connectivity index (χ0) is 22.7. The lowest BCUT2D eigenvalue weighted by Crippen LogP contribution is -2.39. The van der Waals surface area contributed by atoms with E-state index >= 15 is 0 Å². The van der Waals surface area contributed by atoms with Gasteiger partial charge in [0.1, 0.15) is 5.75 Å². The molecule has 1 aliphatic carbocycles. The Labute approximate surface area is 188 Å². The van der Waals surface area contributed by atoms with Crippen molar-refractivity contribution in [2.24, 2.45) is 11.8 Å². The predicted molar refractivity (Wildman–Crippen MR) is 123 cm³/mol. The van der Waals surface area contributed by atoms with Crippen LogP contribution < -0.4 is 10.5 Å². The van der Waals surface area contributed by atoms with Crippen LogP contribution in [0.1, 0.15) is 67.8 Å². The minimum atomic E-state index is -0.167. The van der Waals surface area contributed by atoms with Crippen LogP contribution in [0.2, 0.25) is 0 Å². The first-order valence-electron chi connectivity index (χ1n) is 11.8. The first-order valence-corrected chi connectivity index (χ1v) is 11.8. The van der Waals surface area contributed by atoms with Crippen LogP contribution >= 0.6 is 0 Å². The van der Waals surface area contributed by atoms with Gasteiger partial charge in [0, 0.05) is 43.1 Å². The lowest BCUT2D eigenvalue weighted by Gasteiger charge is -2.32. The van der Waals surface area contributed by atoms with E-state index in [-0.39, 0.29) is 18.3 Å². The minimum absolute atomic E-state index is 0.0393. The summed E-state index contributed by atoms with van der Waals surface area (Å²) >= 11 is 0. The molecule has 1 aliphatic heterocycles. The number of likely N-dealkylation sites (tertiary alicyclic amines) is 1. The number of ether oxygens (including phenoxy) is 1. The molecule has 4 rings (SSSR count). The molecule has 2 aliphatic rings. The van der Waals surface area contributed by atoms with E-state index in [1.807, 2.05) is 11.8 Å². The maximum atomic E-state index is 12.6. The van der Waals surface area contributed by atoms with Crippen molar-refractivity contribution in [3.8, 4) is 5.75 Å². The van der Waals surface area contributed by atoms with Crippen molar-refractivity contribution in [3.63, 3.8) is 0 Å². The second kappa shape index (κ2) is 9.86. The van der Waals surface area contributed by atoms with E-state index in [1.54, 1.807) is 18.3 Å². The molecule has 2 fully saturated rings. The number of aromatic nitrogens is 1. The molecule has 0 radical (unpaired) electrons. The van der Waals surface area contributed by atoms with Crippen LogP contribution in [0.4, 0.5) is 5.69 Å². The van der Waals surface area contributed by atoms with E-state index < -0.39 is 0 Å². The Morgan fingerprint density at radius 1 is 1.19 bits per heavy atom. The molecule has 2 aromatic rings. The fourth-order valence-corrected chi connectivity index (χ4v) is 4.39. The Hall–Kier alpha value is -2.67. The Kier molecular flexibility index (Phi) is 6.94. The van der Waals surface area contributed by atoms with Gasteiger partial charge in [-0.2, -0.15) is 0 Å². The molecular formula is C25H33N3O4. The fraction of sp³-hybridized carbons (Fsp3) is 0.560. The summed E-state index contributed by atoms with van der Waals surface area (Å²) in [5.41, 5.74) is 8.56. The fourth-order valence-electron chi connectivity index (χ4n) is 4.39. The molecule has 3 N–H and O–H groups in total. The molecule has 1 aromatic carbocycles. The summed E-state index contributed by atoms with van der Waals surface area (Å²) in [6, 6.07) is 3.58. The monoisotopic (exact) mass is 439 g/mol. The van der Waals surface area contributed by atoms with Gasteiger partial charge in [0.15, 0.2) is 5.78 Å². The van der Waals surface area contributed by atoms with Crippen LogP contribution in [0.5, 0.6) is 5.75 Å². The summed E-state index contributed by atoms with van der Waals surface area (Å²) in [5.74, 6) is 1.68. The number of ketones is 1. The van der Waals surface area contributed by atoms with Crippen molar-refractivity contribution in [1.29, 1.82) is 0 Å². The topological polar surface area (TPSA) is 106 Å². The Balaban J connectivity index is 1.46. The van der Waals surface area contributed by atoms with Gasteiger partial charge >= 0.3 is 0 Å². The highest BCUT2D eigenvalue weighted by atomic mass is 16.5. The van der Waals surface area contributed by atoms with Gasteiger partial charge in [0.2, 0.25) is 5.91 Å². The number of carbonyl (C=O) groups excluding carboxylic acids is 2. The van der Waals surface area contributed by atoms with Gasteiger partial charge in [-0.1, -0.05) is 6.92 Å². The number of amides is 1. The van der Waals surface area contributed by atoms with E-state index in [0.717, 1.165) is 45.2 Å². The van der Waals surface area contributed by atoms with Crippen LogP contribution in [0, 0.1) is 11.8 Å². The maximum absolute atomic E-state index is 12.6. The number of piperidine rings is 1. The van der Waals surface area contributed by atoms with Gasteiger partial charge in [-0.15, -0.1) is 0 Å². The highest BCUT2D eigenvalue weighted by Crippen LogP contribution is 2.36. The average Bonchev–Trinajstić information content (AvgIpc) is 3.62. The summed E-state index contributed by atoms with van der Waals surface area (Å²) in [6.45, 7) is 3.90. The standard InChI is InChI=1S/C25H33N3O4/c1-2-3-24(31)28-8-6-17(7-9-28)15-32-23-12-19-21(11-18(23)14-29)27-13-20(25(19)26)22(30)10-16-4-5-16/h11-13,16-17,29H,2-10,14-15H2,1H3,(H2,26,27). The zero-order valence-corrected chi connectivity index (χ0v) is 18.8. The molecule has 7 heteroatoms.